The largest absolute Gasteiger partial charge is 0.491 e. The van der Waals surface area contributed by atoms with Crippen molar-refractivity contribution >= 4 is 5.69 Å². The Morgan fingerprint density at radius 1 is 1.41 bits per heavy atom. The van der Waals surface area contributed by atoms with Gasteiger partial charge in [-0.3, -0.25) is 0 Å². The molecule has 1 aromatic heterocycles. The van der Waals surface area contributed by atoms with E-state index < -0.39 is 0 Å². The summed E-state index contributed by atoms with van der Waals surface area (Å²) in [6.07, 6.45) is 3.63. The number of hydrogen-bond acceptors (Lipinski definition) is 3. The SMILES string of the molecule is CC(C)COc1cc(-n2cccn2)ccc1N. The van der Waals surface area contributed by atoms with Gasteiger partial charge < -0.3 is 10.5 Å². The fraction of sp³-hybridized carbons (Fsp3) is 0.308. The molecule has 0 saturated carbocycles. The first-order valence-corrected chi connectivity index (χ1v) is 5.69. The Labute approximate surface area is 101 Å². The summed E-state index contributed by atoms with van der Waals surface area (Å²) in [5, 5.41) is 4.17. The zero-order chi connectivity index (χ0) is 12.3. The molecule has 2 N–H and O–H groups in total. The summed E-state index contributed by atoms with van der Waals surface area (Å²) >= 11 is 0. The fourth-order valence-corrected chi connectivity index (χ4v) is 1.47. The van der Waals surface area contributed by atoms with Crippen molar-refractivity contribution in [3.05, 3.63) is 36.7 Å². The molecule has 0 saturated heterocycles. The highest BCUT2D eigenvalue weighted by Gasteiger charge is 2.05. The van der Waals surface area contributed by atoms with E-state index in [0.717, 1.165) is 5.69 Å². The van der Waals surface area contributed by atoms with Crippen molar-refractivity contribution in [1.29, 1.82) is 0 Å². The van der Waals surface area contributed by atoms with Crippen molar-refractivity contribution in [2.24, 2.45) is 5.92 Å². The quantitative estimate of drug-likeness (QED) is 0.822. The summed E-state index contributed by atoms with van der Waals surface area (Å²) < 4.78 is 7.45. The van der Waals surface area contributed by atoms with Crippen molar-refractivity contribution in [1.82, 2.24) is 9.78 Å². The van der Waals surface area contributed by atoms with E-state index in [4.69, 9.17) is 10.5 Å². The number of aromatic nitrogens is 2. The lowest BCUT2D eigenvalue weighted by molar-refractivity contribution is 0.272. The second-order valence-corrected chi connectivity index (χ2v) is 4.38. The summed E-state index contributed by atoms with van der Waals surface area (Å²) in [5.41, 5.74) is 7.48. The Morgan fingerprint density at radius 3 is 2.88 bits per heavy atom. The van der Waals surface area contributed by atoms with Crippen LogP contribution in [0.1, 0.15) is 13.8 Å². The lowest BCUT2D eigenvalue weighted by Crippen LogP contribution is -2.07. The summed E-state index contributed by atoms with van der Waals surface area (Å²) in [7, 11) is 0. The van der Waals surface area contributed by atoms with E-state index in [1.54, 1.807) is 10.9 Å². The molecule has 0 aliphatic carbocycles. The van der Waals surface area contributed by atoms with Crippen molar-refractivity contribution in [2.75, 3.05) is 12.3 Å². The predicted molar refractivity (Wildman–Crippen MR) is 68.3 cm³/mol. The van der Waals surface area contributed by atoms with Gasteiger partial charge in [-0.25, -0.2) is 4.68 Å². The standard InChI is InChI=1S/C13H17N3O/c1-10(2)9-17-13-8-11(4-5-12(13)14)16-7-3-6-15-16/h3-8,10H,9,14H2,1-2H3. The first kappa shape index (κ1) is 11.5. The number of rotatable bonds is 4. The molecule has 2 rings (SSSR count). The molecule has 4 nitrogen and oxygen atoms in total. The molecule has 2 aromatic rings. The molecule has 0 bridgehead atoms. The number of benzene rings is 1. The van der Waals surface area contributed by atoms with Gasteiger partial charge in [-0.1, -0.05) is 13.8 Å². The maximum Gasteiger partial charge on any atom is 0.144 e. The second-order valence-electron chi connectivity index (χ2n) is 4.38. The smallest absolute Gasteiger partial charge is 0.144 e. The van der Waals surface area contributed by atoms with E-state index in [2.05, 4.69) is 18.9 Å². The molecule has 0 aliphatic heterocycles. The van der Waals surface area contributed by atoms with Crippen LogP contribution in [-0.2, 0) is 0 Å². The van der Waals surface area contributed by atoms with E-state index in [9.17, 15) is 0 Å². The molecule has 0 atom stereocenters. The summed E-state index contributed by atoms with van der Waals surface area (Å²) in [6, 6.07) is 7.55. The summed E-state index contributed by atoms with van der Waals surface area (Å²) in [5.74, 6) is 1.19. The van der Waals surface area contributed by atoms with Crippen LogP contribution in [0.3, 0.4) is 0 Å². The molecule has 0 amide bonds. The number of anilines is 1. The zero-order valence-corrected chi connectivity index (χ0v) is 10.1. The van der Waals surface area contributed by atoms with Gasteiger partial charge >= 0.3 is 0 Å². The van der Waals surface area contributed by atoms with E-state index in [-0.39, 0.29) is 0 Å². The number of hydrogen-bond donors (Lipinski definition) is 1. The number of nitrogen functional groups attached to an aromatic ring is 1. The Hall–Kier alpha value is -1.97. The van der Waals surface area contributed by atoms with Gasteiger partial charge in [0.05, 0.1) is 18.0 Å². The number of ether oxygens (including phenoxy) is 1. The molecule has 0 unspecified atom stereocenters. The minimum Gasteiger partial charge on any atom is -0.491 e. The van der Waals surface area contributed by atoms with E-state index >= 15 is 0 Å². The van der Waals surface area contributed by atoms with Gasteiger partial charge in [0.2, 0.25) is 0 Å². The molecule has 17 heavy (non-hydrogen) atoms. The van der Waals surface area contributed by atoms with Gasteiger partial charge in [0.25, 0.3) is 0 Å². The molecule has 1 heterocycles. The fourth-order valence-electron chi connectivity index (χ4n) is 1.47. The van der Waals surface area contributed by atoms with Gasteiger partial charge in [0.1, 0.15) is 5.75 Å². The maximum absolute atomic E-state index is 5.87. The number of nitrogens with two attached hydrogens (primary N) is 1. The molecule has 1 aromatic carbocycles. The Balaban J connectivity index is 2.23. The predicted octanol–water partition coefficient (Wildman–Crippen LogP) is 2.49. The minimum atomic E-state index is 0.475. The lowest BCUT2D eigenvalue weighted by Gasteiger charge is -2.12. The zero-order valence-electron chi connectivity index (χ0n) is 10.1. The van der Waals surface area contributed by atoms with E-state index in [1.165, 1.54) is 0 Å². The summed E-state index contributed by atoms with van der Waals surface area (Å²) in [6.45, 7) is 4.87. The average molecular weight is 231 g/mol. The van der Waals surface area contributed by atoms with Crippen LogP contribution in [0.2, 0.25) is 0 Å². The van der Waals surface area contributed by atoms with Crippen molar-refractivity contribution in [3.63, 3.8) is 0 Å². The molecular formula is C13H17N3O. The van der Waals surface area contributed by atoms with Gasteiger partial charge in [-0.05, 0) is 24.1 Å². The molecule has 0 fully saturated rings. The average Bonchev–Trinajstić information content (AvgIpc) is 2.81. The third-order valence-electron chi connectivity index (χ3n) is 2.34. The van der Waals surface area contributed by atoms with Crippen LogP contribution in [0.15, 0.2) is 36.7 Å². The Kier molecular flexibility index (Phi) is 3.32. The normalized spacial score (nSPS) is 10.8. The lowest BCUT2D eigenvalue weighted by atomic mass is 10.2. The van der Waals surface area contributed by atoms with Crippen LogP contribution >= 0.6 is 0 Å². The van der Waals surface area contributed by atoms with Gasteiger partial charge in [0, 0.05) is 18.5 Å². The topological polar surface area (TPSA) is 53.1 Å². The highest BCUT2D eigenvalue weighted by Crippen LogP contribution is 2.24. The summed E-state index contributed by atoms with van der Waals surface area (Å²) in [4.78, 5) is 0. The van der Waals surface area contributed by atoms with Crippen LogP contribution in [0.25, 0.3) is 5.69 Å². The highest BCUT2D eigenvalue weighted by atomic mass is 16.5. The number of nitrogens with zero attached hydrogens (tertiary/aromatic N) is 2. The van der Waals surface area contributed by atoms with Crippen molar-refractivity contribution in [3.8, 4) is 11.4 Å². The highest BCUT2D eigenvalue weighted by molar-refractivity contribution is 5.57. The monoisotopic (exact) mass is 231 g/mol. The van der Waals surface area contributed by atoms with Crippen LogP contribution in [0.4, 0.5) is 5.69 Å². The third kappa shape index (κ3) is 2.78. The Bertz CT molecular complexity index is 477. The maximum atomic E-state index is 5.87. The first-order chi connectivity index (χ1) is 8.16. The van der Waals surface area contributed by atoms with Crippen molar-refractivity contribution in [2.45, 2.75) is 13.8 Å². The van der Waals surface area contributed by atoms with Gasteiger partial charge in [0.15, 0.2) is 0 Å². The van der Waals surface area contributed by atoms with Gasteiger partial charge in [-0.2, -0.15) is 5.10 Å². The first-order valence-electron chi connectivity index (χ1n) is 5.69. The Morgan fingerprint density at radius 2 is 2.24 bits per heavy atom. The molecule has 0 aliphatic rings. The molecular weight excluding hydrogens is 214 g/mol. The van der Waals surface area contributed by atoms with Crippen molar-refractivity contribution < 1.29 is 4.74 Å². The molecule has 0 radical (unpaired) electrons. The minimum absolute atomic E-state index is 0.475. The molecule has 4 heteroatoms. The van der Waals surface area contributed by atoms with Gasteiger partial charge in [-0.15, -0.1) is 0 Å². The second kappa shape index (κ2) is 4.91. The van der Waals surface area contributed by atoms with Crippen LogP contribution in [0, 0.1) is 5.92 Å². The molecule has 90 valence electrons. The van der Waals surface area contributed by atoms with E-state index in [0.29, 0.717) is 24.0 Å². The van der Waals surface area contributed by atoms with Crippen LogP contribution in [-0.4, -0.2) is 16.4 Å². The van der Waals surface area contributed by atoms with Crippen LogP contribution < -0.4 is 10.5 Å². The van der Waals surface area contributed by atoms with E-state index in [1.807, 2.05) is 30.5 Å². The third-order valence-corrected chi connectivity index (χ3v) is 2.34. The van der Waals surface area contributed by atoms with Crippen LogP contribution in [0.5, 0.6) is 5.75 Å². The molecule has 0 spiro atoms.